The van der Waals surface area contributed by atoms with Crippen molar-refractivity contribution in [1.29, 1.82) is 0 Å². The lowest BCUT2D eigenvalue weighted by atomic mass is 9.99. The summed E-state index contributed by atoms with van der Waals surface area (Å²) in [5.41, 5.74) is 1.29. The van der Waals surface area contributed by atoms with E-state index in [1.165, 1.54) is 12.8 Å². The zero-order chi connectivity index (χ0) is 18.5. The monoisotopic (exact) mass is 353 g/mol. The van der Waals surface area contributed by atoms with Crippen LogP contribution >= 0.6 is 0 Å². The molecule has 2 aromatic rings. The molecule has 26 heavy (non-hydrogen) atoms. The van der Waals surface area contributed by atoms with Gasteiger partial charge in [-0.1, -0.05) is 6.92 Å². The van der Waals surface area contributed by atoms with Crippen molar-refractivity contribution in [3.05, 3.63) is 48.2 Å². The molecule has 1 fully saturated rings. The highest BCUT2D eigenvalue weighted by Gasteiger charge is 2.17. The van der Waals surface area contributed by atoms with Crippen LogP contribution in [0.25, 0.3) is 0 Å². The second-order valence-electron chi connectivity index (χ2n) is 7.22. The maximum Gasteiger partial charge on any atom is 0.255 e. The summed E-state index contributed by atoms with van der Waals surface area (Å²) in [5, 5.41) is 2.89. The first-order valence-electron chi connectivity index (χ1n) is 9.30. The summed E-state index contributed by atoms with van der Waals surface area (Å²) < 4.78 is 5.60. The lowest BCUT2D eigenvalue weighted by molar-refractivity contribution is 0.102. The molecule has 1 N–H and O–H groups in total. The summed E-state index contributed by atoms with van der Waals surface area (Å²) in [6.45, 7) is 8.34. The Morgan fingerprint density at radius 1 is 1.15 bits per heavy atom. The average molecular weight is 353 g/mol. The highest BCUT2D eigenvalue weighted by molar-refractivity contribution is 6.04. The van der Waals surface area contributed by atoms with Gasteiger partial charge in [-0.2, -0.15) is 0 Å². The molecule has 0 unspecified atom stereocenters. The van der Waals surface area contributed by atoms with Crippen molar-refractivity contribution in [2.24, 2.45) is 5.92 Å². The Morgan fingerprint density at radius 2 is 1.85 bits per heavy atom. The number of hydrogen-bond acceptors (Lipinski definition) is 4. The van der Waals surface area contributed by atoms with Gasteiger partial charge in [0, 0.05) is 18.7 Å². The minimum atomic E-state index is -0.151. The minimum Gasteiger partial charge on any atom is -0.491 e. The van der Waals surface area contributed by atoms with Crippen molar-refractivity contribution in [3.8, 4) is 5.75 Å². The fourth-order valence-electron chi connectivity index (χ4n) is 3.05. The molecule has 0 atom stereocenters. The van der Waals surface area contributed by atoms with E-state index in [-0.39, 0.29) is 12.0 Å². The number of carbonyl (C=O) groups excluding carboxylic acids is 1. The third kappa shape index (κ3) is 4.75. The molecular formula is C21H27N3O2. The molecule has 0 radical (unpaired) electrons. The Kier molecular flexibility index (Phi) is 5.76. The molecule has 0 bridgehead atoms. The molecule has 1 saturated heterocycles. The van der Waals surface area contributed by atoms with Gasteiger partial charge in [-0.25, -0.2) is 4.98 Å². The van der Waals surface area contributed by atoms with E-state index < -0.39 is 0 Å². The van der Waals surface area contributed by atoms with Crippen LogP contribution in [0.15, 0.2) is 42.6 Å². The van der Waals surface area contributed by atoms with Crippen LogP contribution in [0.2, 0.25) is 0 Å². The number of pyridine rings is 1. The van der Waals surface area contributed by atoms with Crippen LogP contribution in [-0.4, -0.2) is 30.1 Å². The van der Waals surface area contributed by atoms with Gasteiger partial charge in [0.1, 0.15) is 11.6 Å². The number of nitrogens with zero attached hydrogens (tertiary/aromatic N) is 2. The zero-order valence-electron chi connectivity index (χ0n) is 15.7. The van der Waals surface area contributed by atoms with Crippen molar-refractivity contribution in [1.82, 2.24) is 4.98 Å². The highest BCUT2D eigenvalue weighted by Crippen LogP contribution is 2.22. The molecule has 5 heteroatoms. The van der Waals surface area contributed by atoms with Crippen LogP contribution in [0, 0.1) is 5.92 Å². The molecule has 2 heterocycles. The lowest BCUT2D eigenvalue weighted by Crippen LogP contribution is -2.33. The number of ether oxygens (including phenoxy) is 1. The fraction of sp³-hybridized carbons (Fsp3) is 0.429. The number of amides is 1. The van der Waals surface area contributed by atoms with Gasteiger partial charge >= 0.3 is 0 Å². The van der Waals surface area contributed by atoms with Crippen LogP contribution in [-0.2, 0) is 0 Å². The Bertz CT molecular complexity index is 718. The molecule has 1 amide bonds. The van der Waals surface area contributed by atoms with Gasteiger partial charge in [0.2, 0.25) is 0 Å². The van der Waals surface area contributed by atoms with Crippen molar-refractivity contribution in [2.45, 2.75) is 39.7 Å². The molecule has 1 aromatic carbocycles. The topological polar surface area (TPSA) is 54.5 Å². The van der Waals surface area contributed by atoms with E-state index in [0.29, 0.717) is 11.3 Å². The predicted molar refractivity (Wildman–Crippen MR) is 105 cm³/mol. The van der Waals surface area contributed by atoms with Gasteiger partial charge in [0.15, 0.2) is 0 Å². The first-order chi connectivity index (χ1) is 12.5. The maximum atomic E-state index is 12.4. The predicted octanol–water partition coefficient (Wildman–Crippen LogP) is 4.36. The molecule has 1 aromatic heterocycles. The molecule has 3 rings (SSSR count). The normalized spacial score (nSPS) is 15.2. The van der Waals surface area contributed by atoms with Crippen LogP contribution < -0.4 is 15.0 Å². The van der Waals surface area contributed by atoms with Crippen molar-refractivity contribution >= 4 is 17.4 Å². The quantitative estimate of drug-likeness (QED) is 0.868. The Labute approximate surface area is 155 Å². The van der Waals surface area contributed by atoms with Gasteiger partial charge in [-0.15, -0.1) is 0 Å². The Morgan fingerprint density at radius 3 is 2.42 bits per heavy atom. The molecule has 0 saturated carbocycles. The van der Waals surface area contributed by atoms with E-state index in [0.717, 1.165) is 30.6 Å². The smallest absolute Gasteiger partial charge is 0.255 e. The Hall–Kier alpha value is -2.56. The number of nitrogens with one attached hydrogen (secondary N) is 1. The van der Waals surface area contributed by atoms with Gasteiger partial charge in [0.05, 0.1) is 18.0 Å². The lowest BCUT2D eigenvalue weighted by Gasteiger charge is -2.31. The minimum absolute atomic E-state index is 0.113. The Balaban J connectivity index is 1.59. The maximum absolute atomic E-state index is 12.4. The summed E-state index contributed by atoms with van der Waals surface area (Å²) in [5.74, 6) is 2.38. The van der Waals surface area contributed by atoms with Gasteiger partial charge in [-0.3, -0.25) is 4.79 Å². The van der Waals surface area contributed by atoms with Crippen molar-refractivity contribution in [2.75, 3.05) is 23.3 Å². The number of anilines is 2. The number of piperidine rings is 1. The first kappa shape index (κ1) is 18.2. The zero-order valence-corrected chi connectivity index (χ0v) is 15.7. The molecule has 5 nitrogen and oxygen atoms in total. The van der Waals surface area contributed by atoms with Crippen LogP contribution in [0.5, 0.6) is 5.75 Å². The second-order valence-corrected chi connectivity index (χ2v) is 7.22. The van der Waals surface area contributed by atoms with E-state index in [9.17, 15) is 4.79 Å². The van der Waals surface area contributed by atoms with Crippen LogP contribution in [0.1, 0.15) is 44.0 Å². The van der Waals surface area contributed by atoms with Crippen LogP contribution in [0.3, 0.4) is 0 Å². The highest BCUT2D eigenvalue weighted by atomic mass is 16.5. The van der Waals surface area contributed by atoms with E-state index in [1.54, 1.807) is 18.3 Å². The number of benzene rings is 1. The summed E-state index contributed by atoms with van der Waals surface area (Å²) in [6, 6.07) is 11.0. The van der Waals surface area contributed by atoms with Crippen LogP contribution in [0.4, 0.5) is 11.5 Å². The largest absolute Gasteiger partial charge is 0.491 e. The summed E-state index contributed by atoms with van der Waals surface area (Å²) in [7, 11) is 0. The third-order valence-electron chi connectivity index (χ3n) is 4.60. The van der Waals surface area contributed by atoms with Gasteiger partial charge < -0.3 is 15.0 Å². The number of hydrogen-bond donors (Lipinski definition) is 1. The first-order valence-corrected chi connectivity index (χ1v) is 9.30. The molecular weight excluding hydrogens is 326 g/mol. The van der Waals surface area contributed by atoms with Crippen molar-refractivity contribution < 1.29 is 9.53 Å². The van der Waals surface area contributed by atoms with Gasteiger partial charge in [0.25, 0.3) is 5.91 Å². The summed E-state index contributed by atoms with van der Waals surface area (Å²) >= 11 is 0. The van der Waals surface area contributed by atoms with E-state index >= 15 is 0 Å². The van der Waals surface area contributed by atoms with Gasteiger partial charge in [-0.05, 0) is 69.0 Å². The number of aromatic nitrogens is 1. The summed E-state index contributed by atoms with van der Waals surface area (Å²) in [6.07, 6.45) is 4.25. The summed E-state index contributed by atoms with van der Waals surface area (Å²) in [4.78, 5) is 19.2. The molecule has 0 spiro atoms. The van der Waals surface area contributed by atoms with Crippen molar-refractivity contribution in [3.63, 3.8) is 0 Å². The molecule has 0 aliphatic carbocycles. The SMILES string of the molecule is CC1CCN(c2ccc(NC(=O)c3ccc(OC(C)C)cc3)cn2)CC1. The number of rotatable bonds is 5. The van der Waals surface area contributed by atoms with E-state index in [1.807, 2.05) is 38.1 Å². The molecule has 1 aliphatic rings. The van der Waals surface area contributed by atoms with E-state index in [2.05, 4.69) is 22.1 Å². The average Bonchev–Trinajstić information content (AvgIpc) is 2.63. The number of carbonyl (C=O) groups is 1. The molecule has 1 aliphatic heterocycles. The fourth-order valence-corrected chi connectivity index (χ4v) is 3.05. The van der Waals surface area contributed by atoms with E-state index in [4.69, 9.17) is 4.74 Å². The molecule has 138 valence electrons. The standard InChI is InChI=1S/C21H27N3O2/c1-15(2)26-19-7-4-17(5-8-19)21(25)23-18-6-9-20(22-14-18)24-12-10-16(3)11-13-24/h4-9,14-16H,10-13H2,1-3H3,(H,23,25). The second kappa shape index (κ2) is 8.21. The third-order valence-corrected chi connectivity index (χ3v) is 4.60.